The van der Waals surface area contributed by atoms with Gasteiger partial charge in [-0.2, -0.15) is 0 Å². The summed E-state index contributed by atoms with van der Waals surface area (Å²) in [5.74, 6) is -0.605. The number of aliphatic hydroxyl groups is 1. The van der Waals surface area contributed by atoms with Crippen LogP contribution >= 0.6 is 11.8 Å². The van der Waals surface area contributed by atoms with Gasteiger partial charge in [-0.1, -0.05) is 45.9 Å². The van der Waals surface area contributed by atoms with Gasteiger partial charge in [-0.05, 0) is 84.3 Å². The van der Waals surface area contributed by atoms with E-state index >= 15 is 0 Å². The highest BCUT2D eigenvalue weighted by Gasteiger charge is 2.68. The van der Waals surface area contributed by atoms with Crippen molar-refractivity contribution in [2.75, 3.05) is 11.1 Å². The highest BCUT2D eigenvalue weighted by atomic mass is 32.2. The van der Waals surface area contributed by atoms with Crippen molar-refractivity contribution in [3.05, 3.63) is 66.2 Å². The van der Waals surface area contributed by atoms with E-state index in [0.29, 0.717) is 36.2 Å². The zero-order chi connectivity index (χ0) is 33.0. The van der Waals surface area contributed by atoms with Gasteiger partial charge in [0.1, 0.15) is 11.9 Å². The van der Waals surface area contributed by atoms with E-state index < -0.39 is 30.2 Å². The molecule has 0 unspecified atom stereocenters. The first-order valence-electron chi connectivity index (χ1n) is 16.3. The molecule has 244 valence electrons. The molecular formula is C36H44BNO7S. The SMILES string of the molecule is C=C[C@]1(C)C[C@@H](OC(=O)CSc2cccc(NC(=O)c3ccc4c(c3)B(O)OC4)c2)[C@]2(C)[C@H](C)CC[C@]3(CCC(=O)[C@H]32)[C@@H](C)[C@@H]1O. The Morgan fingerprint density at radius 3 is 2.74 bits per heavy atom. The summed E-state index contributed by atoms with van der Waals surface area (Å²) in [5, 5.41) is 24.6. The van der Waals surface area contributed by atoms with Crippen LogP contribution in [-0.2, 0) is 25.6 Å². The highest BCUT2D eigenvalue weighted by Crippen LogP contribution is 2.68. The van der Waals surface area contributed by atoms with E-state index in [1.807, 2.05) is 19.1 Å². The fraction of sp³-hybridized carbons (Fsp3) is 0.528. The third-order valence-electron chi connectivity index (χ3n) is 12.1. The number of carbonyl (C=O) groups excluding carboxylic acids is 3. The molecule has 3 saturated carbocycles. The molecule has 10 heteroatoms. The topological polar surface area (TPSA) is 122 Å². The van der Waals surface area contributed by atoms with Crippen LogP contribution in [-0.4, -0.2) is 52.9 Å². The monoisotopic (exact) mass is 645 g/mol. The number of hydrogen-bond donors (Lipinski definition) is 3. The Hall–Kier alpha value is -2.92. The number of aliphatic hydroxyl groups excluding tert-OH is 1. The summed E-state index contributed by atoms with van der Waals surface area (Å²) in [6, 6.07) is 12.4. The lowest BCUT2D eigenvalue weighted by molar-refractivity contribution is -0.205. The third-order valence-corrected chi connectivity index (χ3v) is 13.1. The average molecular weight is 646 g/mol. The molecule has 0 spiro atoms. The fourth-order valence-corrected chi connectivity index (χ4v) is 9.80. The molecule has 1 heterocycles. The van der Waals surface area contributed by atoms with Crippen molar-refractivity contribution < 1.29 is 33.9 Å². The summed E-state index contributed by atoms with van der Waals surface area (Å²) in [5.41, 5.74) is 0.868. The molecule has 0 saturated heterocycles. The number of ether oxygens (including phenoxy) is 1. The molecule has 1 aliphatic heterocycles. The van der Waals surface area contributed by atoms with Gasteiger partial charge in [-0.25, -0.2) is 0 Å². The number of amides is 1. The zero-order valence-electron chi connectivity index (χ0n) is 27.1. The molecule has 3 fully saturated rings. The van der Waals surface area contributed by atoms with Gasteiger partial charge in [0.05, 0.1) is 18.5 Å². The molecule has 2 bridgehead atoms. The Morgan fingerprint density at radius 1 is 1.20 bits per heavy atom. The minimum absolute atomic E-state index is 0.0502. The Kier molecular flexibility index (Phi) is 8.80. The van der Waals surface area contributed by atoms with Gasteiger partial charge in [0, 0.05) is 39.3 Å². The van der Waals surface area contributed by atoms with Gasteiger partial charge in [0.15, 0.2) is 0 Å². The van der Waals surface area contributed by atoms with Crippen molar-refractivity contribution in [2.45, 2.75) is 83.5 Å². The van der Waals surface area contributed by atoms with Crippen LogP contribution in [0.4, 0.5) is 5.69 Å². The van der Waals surface area contributed by atoms with Gasteiger partial charge in [-0.15, -0.1) is 18.3 Å². The molecule has 8 atom stereocenters. The van der Waals surface area contributed by atoms with Gasteiger partial charge in [0.2, 0.25) is 0 Å². The quantitative estimate of drug-likeness (QED) is 0.164. The Balaban J connectivity index is 1.17. The molecule has 3 N–H and O–H groups in total. The lowest BCUT2D eigenvalue weighted by atomic mass is 9.44. The maximum absolute atomic E-state index is 13.6. The summed E-state index contributed by atoms with van der Waals surface area (Å²) < 4.78 is 11.6. The zero-order valence-corrected chi connectivity index (χ0v) is 27.9. The van der Waals surface area contributed by atoms with Gasteiger partial charge in [-0.3, -0.25) is 14.4 Å². The largest absolute Gasteiger partial charge is 0.491 e. The van der Waals surface area contributed by atoms with E-state index in [4.69, 9.17) is 9.39 Å². The molecule has 6 rings (SSSR count). The lowest BCUT2D eigenvalue weighted by Crippen LogP contribution is -2.63. The van der Waals surface area contributed by atoms with E-state index in [-0.39, 0.29) is 46.6 Å². The summed E-state index contributed by atoms with van der Waals surface area (Å²) in [6.45, 7) is 12.8. The predicted molar refractivity (Wildman–Crippen MR) is 179 cm³/mol. The number of hydrogen-bond acceptors (Lipinski definition) is 8. The number of Topliss-reactive ketones (excluding diaryl/α,β-unsaturated/α-hetero) is 1. The Morgan fingerprint density at radius 2 is 1.98 bits per heavy atom. The second-order valence-corrected chi connectivity index (χ2v) is 15.5. The first-order valence-corrected chi connectivity index (χ1v) is 17.3. The number of ketones is 1. The molecule has 4 aliphatic rings. The maximum atomic E-state index is 13.6. The van der Waals surface area contributed by atoms with Crippen LogP contribution in [0.5, 0.6) is 0 Å². The molecule has 2 aromatic carbocycles. The van der Waals surface area contributed by atoms with Crippen LogP contribution in [0, 0.1) is 34.0 Å². The summed E-state index contributed by atoms with van der Waals surface area (Å²) in [4.78, 5) is 40.9. The predicted octanol–water partition coefficient (Wildman–Crippen LogP) is 5.16. The number of rotatable bonds is 7. The van der Waals surface area contributed by atoms with Crippen LogP contribution < -0.4 is 10.8 Å². The molecule has 8 nitrogen and oxygen atoms in total. The van der Waals surface area contributed by atoms with Gasteiger partial charge in [0.25, 0.3) is 5.91 Å². The Bertz CT molecular complexity index is 1570. The number of fused-ring (bicyclic) bond motifs is 1. The first kappa shape index (κ1) is 33.0. The van der Waals surface area contributed by atoms with E-state index in [1.165, 1.54) is 11.8 Å². The lowest BCUT2D eigenvalue weighted by Gasteiger charge is -2.61. The number of carbonyl (C=O) groups is 3. The molecule has 2 aromatic rings. The number of benzene rings is 2. The number of nitrogens with one attached hydrogen (secondary N) is 1. The van der Waals surface area contributed by atoms with Crippen molar-refractivity contribution in [1.29, 1.82) is 0 Å². The minimum atomic E-state index is -1.03. The van der Waals surface area contributed by atoms with Crippen molar-refractivity contribution in [3.8, 4) is 0 Å². The minimum Gasteiger partial charge on any atom is -0.461 e. The second-order valence-electron chi connectivity index (χ2n) is 14.4. The van der Waals surface area contributed by atoms with E-state index in [0.717, 1.165) is 29.7 Å². The molecular weight excluding hydrogens is 601 g/mol. The van der Waals surface area contributed by atoms with E-state index in [9.17, 15) is 24.5 Å². The van der Waals surface area contributed by atoms with Crippen LogP contribution in [0.25, 0.3) is 0 Å². The van der Waals surface area contributed by atoms with Crippen molar-refractivity contribution in [3.63, 3.8) is 0 Å². The van der Waals surface area contributed by atoms with Crippen LogP contribution in [0.1, 0.15) is 75.7 Å². The standard InChI is InChI=1S/C36H44BNO7S/c1-6-34(4)18-29(35(5)21(2)12-14-36(22(3)32(34)41)15-13-28(39)31(35)36)45-30(40)20-46-26-9-7-8-25(17-26)38-33(42)23-10-11-24-19-44-37(43)27(24)16-23/h6-11,16-17,21-22,29,31-32,41,43H,1,12-15,18-20H2,2-5H3,(H,38,42)/t21-,22+,29-,31+,32+,34-,35+,36+/m1/s1. The van der Waals surface area contributed by atoms with Gasteiger partial charge < -0.3 is 24.8 Å². The van der Waals surface area contributed by atoms with E-state index in [2.05, 4.69) is 32.7 Å². The van der Waals surface area contributed by atoms with Crippen LogP contribution in [0.3, 0.4) is 0 Å². The average Bonchev–Trinajstić information content (AvgIpc) is 3.60. The second kappa shape index (κ2) is 12.3. The summed E-state index contributed by atoms with van der Waals surface area (Å²) in [6.07, 6.45) is 4.00. The molecule has 0 aromatic heterocycles. The number of esters is 1. The molecule has 1 amide bonds. The van der Waals surface area contributed by atoms with Crippen molar-refractivity contribution >= 4 is 47.7 Å². The molecule has 0 radical (unpaired) electrons. The third kappa shape index (κ3) is 5.45. The smallest absolute Gasteiger partial charge is 0.461 e. The summed E-state index contributed by atoms with van der Waals surface area (Å²) >= 11 is 1.32. The number of anilines is 1. The van der Waals surface area contributed by atoms with Gasteiger partial charge >= 0.3 is 13.1 Å². The number of thioether (sulfide) groups is 1. The molecule has 3 aliphatic carbocycles. The fourth-order valence-electron chi connectivity index (χ4n) is 9.06. The molecule has 46 heavy (non-hydrogen) atoms. The normalized spacial score (nSPS) is 35.0. The summed E-state index contributed by atoms with van der Waals surface area (Å²) in [7, 11) is -1.03. The van der Waals surface area contributed by atoms with Crippen LogP contribution in [0.15, 0.2) is 60.0 Å². The van der Waals surface area contributed by atoms with E-state index in [1.54, 1.807) is 36.4 Å². The highest BCUT2D eigenvalue weighted by molar-refractivity contribution is 8.00. The first-order chi connectivity index (χ1) is 21.8. The maximum Gasteiger partial charge on any atom is 0.491 e. The Labute approximate surface area is 275 Å². The van der Waals surface area contributed by atoms with Crippen LogP contribution in [0.2, 0.25) is 0 Å². The van der Waals surface area contributed by atoms with Crippen molar-refractivity contribution in [1.82, 2.24) is 0 Å². The van der Waals surface area contributed by atoms with Crippen molar-refractivity contribution in [2.24, 2.45) is 34.0 Å².